The lowest BCUT2D eigenvalue weighted by atomic mass is 10.1. The number of aryl methyl sites for hydroxylation is 1. The zero-order valence-corrected chi connectivity index (χ0v) is 10.5. The highest BCUT2D eigenvalue weighted by atomic mass is 32.2. The van der Waals surface area contributed by atoms with Gasteiger partial charge in [0.25, 0.3) is 0 Å². The molecule has 4 heteroatoms. The van der Waals surface area contributed by atoms with Gasteiger partial charge in [0.2, 0.25) is 0 Å². The Kier molecular flexibility index (Phi) is 4.12. The molecule has 1 heterocycles. The molecule has 3 nitrogen and oxygen atoms in total. The highest BCUT2D eigenvalue weighted by molar-refractivity contribution is 7.99. The van der Waals surface area contributed by atoms with Gasteiger partial charge in [-0.2, -0.15) is 0 Å². The molecular formula is C13H15N3S. The average Bonchev–Trinajstić information content (AvgIpc) is 2.38. The second kappa shape index (κ2) is 5.80. The molecule has 0 bridgehead atoms. The van der Waals surface area contributed by atoms with Crippen LogP contribution in [-0.4, -0.2) is 16.5 Å². The van der Waals surface area contributed by atoms with E-state index in [-0.39, 0.29) is 5.25 Å². The second-order valence-electron chi connectivity index (χ2n) is 3.80. The normalized spacial score (nSPS) is 12.4. The lowest BCUT2D eigenvalue weighted by molar-refractivity contribution is 0.930. The molecule has 2 N–H and O–H groups in total. The average molecular weight is 245 g/mol. The SMILES string of the molecule is Cc1ccc(C(CN)Sc2ccncn2)cc1. The summed E-state index contributed by atoms with van der Waals surface area (Å²) in [6.07, 6.45) is 3.31. The molecule has 0 amide bonds. The van der Waals surface area contributed by atoms with Gasteiger partial charge in [0.15, 0.2) is 0 Å². The molecular weight excluding hydrogens is 230 g/mol. The van der Waals surface area contributed by atoms with Gasteiger partial charge in [0.1, 0.15) is 6.33 Å². The van der Waals surface area contributed by atoms with Crippen LogP contribution in [0.4, 0.5) is 0 Å². The highest BCUT2D eigenvalue weighted by Crippen LogP contribution is 2.32. The largest absolute Gasteiger partial charge is 0.329 e. The van der Waals surface area contributed by atoms with Gasteiger partial charge < -0.3 is 5.73 Å². The second-order valence-corrected chi connectivity index (χ2v) is 5.02. The maximum atomic E-state index is 5.83. The minimum Gasteiger partial charge on any atom is -0.329 e. The van der Waals surface area contributed by atoms with Gasteiger partial charge in [0.05, 0.1) is 5.03 Å². The number of rotatable bonds is 4. The van der Waals surface area contributed by atoms with E-state index in [2.05, 4.69) is 41.2 Å². The number of hydrogen-bond acceptors (Lipinski definition) is 4. The smallest absolute Gasteiger partial charge is 0.116 e. The van der Waals surface area contributed by atoms with Crippen LogP contribution in [-0.2, 0) is 0 Å². The van der Waals surface area contributed by atoms with Gasteiger partial charge in [-0.05, 0) is 18.6 Å². The minimum absolute atomic E-state index is 0.241. The summed E-state index contributed by atoms with van der Waals surface area (Å²) in [7, 11) is 0. The fourth-order valence-electron chi connectivity index (χ4n) is 1.53. The van der Waals surface area contributed by atoms with E-state index in [4.69, 9.17) is 5.73 Å². The number of benzene rings is 1. The topological polar surface area (TPSA) is 51.8 Å². The van der Waals surface area contributed by atoms with Crippen LogP contribution >= 0.6 is 11.8 Å². The van der Waals surface area contributed by atoms with Crippen LogP contribution in [0.2, 0.25) is 0 Å². The summed E-state index contributed by atoms with van der Waals surface area (Å²) in [6.45, 7) is 2.68. The van der Waals surface area contributed by atoms with E-state index in [0.29, 0.717) is 6.54 Å². The van der Waals surface area contributed by atoms with Gasteiger partial charge in [-0.25, -0.2) is 9.97 Å². The van der Waals surface area contributed by atoms with Gasteiger partial charge in [-0.1, -0.05) is 41.6 Å². The summed E-state index contributed by atoms with van der Waals surface area (Å²) < 4.78 is 0. The van der Waals surface area contributed by atoms with E-state index >= 15 is 0 Å². The van der Waals surface area contributed by atoms with Crippen LogP contribution in [0.5, 0.6) is 0 Å². The summed E-state index contributed by atoms with van der Waals surface area (Å²) in [5.74, 6) is 0. The predicted octanol–water partition coefficient (Wildman–Crippen LogP) is 2.58. The summed E-state index contributed by atoms with van der Waals surface area (Å²) in [5, 5.41) is 1.20. The van der Waals surface area contributed by atoms with Crippen LogP contribution in [0, 0.1) is 6.92 Å². The van der Waals surface area contributed by atoms with Crippen molar-refractivity contribution in [3.8, 4) is 0 Å². The van der Waals surface area contributed by atoms with E-state index in [0.717, 1.165) is 5.03 Å². The van der Waals surface area contributed by atoms with Crippen molar-refractivity contribution in [2.24, 2.45) is 5.73 Å². The predicted molar refractivity (Wildman–Crippen MR) is 70.9 cm³/mol. The molecule has 2 rings (SSSR count). The molecule has 0 radical (unpaired) electrons. The molecule has 1 unspecified atom stereocenters. The molecule has 0 spiro atoms. The van der Waals surface area contributed by atoms with Crippen LogP contribution in [0.25, 0.3) is 0 Å². The quantitative estimate of drug-likeness (QED) is 0.664. The van der Waals surface area contributed by atoms with Crippen molar-refractivity contribution in [1.82, 2.24) is 9.97 Å². The molecule has 0 saturated heterocycles. The molecule has 1 atom stereocenters. The summed E-state index contributed by atoms with van der Waals surface area (Å²) in [4.78, 5) is 8.11. The zero-order chi connectivity index (χ0) is 12.1. The van der Waals surface area contributed by atoms with Crippen molar-refractivity contribution in [1.29, 1.82) is 0 Å². The Hall–Kier alpha value is -1.39. The van der Waals surface area contributed by atoms with E-state index in [9.17, 15) is 0 Å². The first-order valence-electron chi connectivity index (χ1n) is 5.49. The minimum atomic E-state index is 0.241. The first kappa shape index (κ1) is 12.1. The fourth-order valence-corrected chi connectivity index (χ4v) is 2.46. The van der Waals surface area contributed by atoms with Gasteiger partial charge in [-0.15, -0.1) is 0 Å². The van der Waals surface area contributed by atoms with Gasteiger partial charge in [-0.3, -0.25) is 0 Å². The molecule has 0 saturated carbocycles. The first-order valence-corrected chi connectivity index (χ1v) is 6.37. The summed E-state index contributed by atoms with van der Waals surface area (Å²) in [5.41, 5.74) is 8.32. The van der Waals surface area contributed by atoms with Crippen LogP contribution in [0.15, 0.2) is 47.9 Å². The number of thioether (sulfide) groups is 1. The summed E-state index contributed by atoms with van der Waals surface area (Å²) in [6, 6.07) is 10.4. The Morgan fingerprint density at radius 2 is 2.00 bits per heavy atom. The summed E-state index contributed by atoms with van der Waals surface area (Å²) >= 11 is 1.67. The zero-order valence-electron chi connectivity index (χ0n) is 9.71. The van der Waals surface area contributed by atoms with Crippen LogP contribution in [0.1, 0.15) is 16.4 Å². The molecule has 0 fully saturated rings. The molecule has 0 aliphatic rings. The van der Waals surface area contributed by atoms with E-state index in [1.807, 2.05) is 6.07 Å². The molecule has 1 aromatic carbocycles. The van der Waals surface area contributed by atoms with Crippen molar-refractivity contribution in [2.45, 2.75) is 17.2 Å². The molecule has 0 aliphatic heterocycles. The Morgan fingerprint density at radius 3 is 2.59 bits per heavy atom. The number of hydrogen-bond donors (Lipinski definition) is 1. The number of nitrogens with two attached hydrogens (primary N) is 1. The number of aromatic nitrogens is 2. The third kappa shape index (κ3) is 3.28. The van der Waals surface area contributed by atoms with Crippen molar-refractivity contribution < 1.29 is 0 Å². The lowest BCUT2D eigenvalue weighted by Gasteiger charge is -2.14. The monoisotopic (exact) mass is 245 g/mol. The van der Waals surface area contributed by atoms with Crippen LogP contribution in [0.3, 0.4) is 0 Å². The highest BCUT2D eigenvalue weighted by Gasteiger charge is 2.11. The molecule has 2 aromatic rings. The maximum Gasteiger partial charge on any atom is 0.116 e. The maximum absolute atomic E-state index is 5.83. The molecule has 17 heavy (non-hydrogen) atoms. The van der Waals surface area contributed by atoms with Crippen molar-refractivity contribution in [2.75, 3.05) is 6.54 Å². The van der Waals surface area contributed by atoms with Gasteiger partial charge in [0, 0.05) is 18.0 Å². The van der Waals surface area contributed by atoms with Crippen LogP contribution < -0.4 is 5.73 Å². The standard InChI is InChI=1S/C13H15N3S/c1-10-2-4-11(5-3-10)12(8-14)17-13-6-7-15-9-16-13/h2-7,9,12H,8,14H2,1H3. The number of nitrogens with zero attached hydrogens (tertiary/aromatic N) is 2. The Labute approximate surface area is 105 Å². The Bertz CT molecular complexity index is 456. The fraction of sp³-hybridized carbons (Fsp3) is 0.231. The Morgan fingerprint density at radius 1 is 1.24 bits per heavy atom. The molecule has 0 aliphatic carbocycles. The third-order valence-corrected chi connectivity index (χ3v) is 3.71. The van der Waals surface area contributed by atoms with Gasteiger partial charge >= 0.3 is 0 Å². The van der Waals surface area contributed by atoms with E-state index in [1.165, 1.54) is 11.1 Å². The van der Waals surface area contributed by atoms with Crippen molar-refractivity contribution in [3.05, 3.63) is 54.0 Å². The first-order chi connectivity index (χ1) is 8.29. The Balaban J connectivity index is 2.14. The van der Waals surface area contributed by atoms with E-state index < -0.39 is 0 Å². The van der Waals surface area contributed by atoms with E-state index in [1.54, 1.807) is 24.3 Å². The van der Waals surface area contributed by atoms with Crippen molar-refractivity contribution in [3.63, 3.8) is 0 Å². The third-order valence-electron chi connectivity index (χ3n) is 2.48. The molecule has 88 valence electrons. The molecule has 1 aromatic heterocycles. The lowest BCUT2D eigenvalue weighted by Crippen LogP contribution is -2.09. The van der Waals surface area contributed by atoms with Crippen molar-refractivity contribution >= 4 is 11.8 Å².